The summed E-state index contributed by atoms with van der Waals surface area (Å²) in [4.78, 5) is 4.16. The van der Waals surface area contributed by atoms with E-state index in [0.29, 0.717) is 0 Å². The number of aromatic nitrogens is 1. The number of nitrogens with zero attached hydrogens (tertiary/aromatic N) is 1. The standard InChI is InChI=1S/C15H17BrN2/c1-10-3-4-13(5-11(10)2)15(17)7-12-6-14(16)9-18-8-12/h3-6,8-9,15H,7,17H2,1-2H3. The van der Waals surface area contributed by atoms with E-state index in [-0.39, 0.29) is 6.04 Å². The molecule has 0 spiro atoms. The summed E-state index contributed by atoms with van der Waals surface area (Å²) in [5, 5.41) is 0. The van der Waals surface area contributed by atoms with Crippen LogP contribution in [0.5, 0.6) is 0 Å². The minimum Gasteiger partial charge on any atom is -0.324 e. The Bertz CT molecular complexity index is 552. The molecule has 18 heavy (non-hydrogen) atoms. The van der Waals surface area contributed by atoms with Crippen LogP contribution in [0.2, 0.25) is 0 Å². The van der Waals surface area contributed by atoms with Crippen molar-refractivity contribution in [2.75, 3.05) is 0 Å². The first-order valence-electron chi connectivity index (χ1n) is 5.98. The highest BCUT2D eigenvalue weighted by Crippen LogP contribution is 2.20. The van der Waals surface area contributed by atoms with Crippen molar-refractivity contribution in [2.45, 2.75) is 26.3 Å². The van der Waals surface area contributed by atoms with Crippen LogP contribution in [0.25, 0.3) is 0 Å². The van der Waals surface area contributed by atoms with Gasteiger partial charge in [0, 0.05) is 22.9 Å². The number of pyridine rings is 1. The fraction of sp³-hybridized carbons (Fsp3) is 0.267. The molecule has 94 valence electrons. The third-order valence-electron chi connectivity index (χ3n) is 3.18. The number of nitrogens with two attached hydrogens (primary N) is 1. The molecule has 0 saturated carbocycles. The molecule has 0 bridgehead atoms. The second-order valence-electron chi connectivity index (χ2n) is 4.67. The van der Waals surface area contributed by atoms with Crippen molar-refractivity contribution >= 4 is 15.9 Å². The van der Waals surface area contributed by atoms with Crippen LogP contribution < -0.4 is 5.73 Å². The number of hydrogen-bond acceptors (Lipinski definition) is 2. The summed E-state index contributed by atoms with van der Waals surface area (Å²) in [5.74, 6) is 0. The molecule has 3 heteroatoms. The Hall–Kier alpha value is -1.19. The van der Waals surface area contributed by atoms with Crippen LogP contribution in [0.4, 0.5) is 0 Å². The topological polar surface area (TPSA) is 38.9 Å². The van der Waals surface area contributed by atoms with Gasteiger partial charge < -0.3 is 5.73 Å². The lowest BCUT2D eigenvalue weighted by molar-refractivity contribution is 0.718. The summed E-state index contributed by atoms with van der Waals surface area (Å²) >= 11 is 3.43. The molecular weight excluding hydrogens is 288 g/mol. The van der Waals surface area contributed by atoms with Crippen molar-refractivity contribution in [3.63, 3.8) is 0 Å². The Morgan fingerprint density at radius 2 is 1.94 bits per heavy atom. The van der Waals surface area contributed by atoms with Crippen LogP contribution in [0.3, 0.4) is 0 Å². The summed E-state index contributed by atoms with van der Waals surface area (Å²) in [7, 11) is 0. The van der Waals surface area contributed by atoms with E-state index in [0.717, 1.165) is 16.5 Å². The third-order valence-corrected chi connectivity index (χ3v) is 3.61. The largest absolute Gasteiger partial charge is 0.324 e. The van der Waals surface area contributed by atoms with Gasteiger partial charge in [0.15, 0.2) is 0 Å². The number of benzene rings is 1. The zero-order chi connectivity index (χ0) is 13.1. The van der Waals surface area contributed by atoms with Crippen LogP contribution in [0.15, 0.2) is 41.1 Å². The van der Waals surface area contributed by atoms with Crippen molar-refractivity contribution < 1.29 is 0 Å². The lowest BCUT2D eigenvalue weighted by Gasteiger charge is -2.13. The lowest BCUT2D eigenvalue weighted by Crippen LogP contribution is -2.13. The van der Waals surface area contributed by atoms with Crippen LogP contribution >= 0.6 is 15.9 Å². The van der Waals surface area contributed by atoms with E-state index >= 15 is 0 Å². The molecular formula is C15H17BrN2. The van der Waals surface area contributed by atoms with Crippen molar-refractivity contribution in [3.8, 4) is 0 Å². The fourth-order valence-corrected chi connectivity index (χ4v) is 2.35. The first-order valence-corrected chi connectivity index (χ1v) is 6.77. The van der Waals surface area contributed by atoms with E-state index in [1.807, 2.05) is 6.20 Å². The zero-order valence-corrected chi connectivity index (χ0v) is 12.2. The molecule has 2 nitrogen and oxygen atoms in total. The minimum absolute atomic E-state index is 0.0143. The normalized spacial score (nSPS) is 12.4. The molecule has 2 N–H and O–H groups in total. The predicted octanol–water partition coefficient (Wildman–Crippen LogP) is 3.70. The van der Waals surface area contributed by atoms with Crippen LogP contribution in [0.1, 0.15) is 28.3 Å². The monoisotopic (exact) mass is 304 g/mol. The van der Waals surface area contributed by atoms with Gasteiger partial charge in [-0.2, -0.15) is 0 Å². The molecule has 0 fully saturated rings. The first kappa shape index (κ1) is 13.2. The van der Waals surface area contributed by atoms with Crippen LogP contribution in [0, 0.1) is 13.8 Å². The number of hydrogen-bond donors (Lipinski definition) is 1. The number of aryl methyl sites for hydroxylation is 2. The fourth-order valence-electron chi connectivity index (χ4n) is 1.93. The highest BCUT2D eigenvalue weighted by Gasteiger charge is 2.08. The molecule has 2 rings (SSSR count). The summed E-state index contributed by atoms with van der Waals surface area (Å²) in [6.45, 7) is 4.23. The van der Waals surface area contributed by atoms with Crippen LogP contribution in [-0.2, 0) is 6.42 Å². The average Bonchev–Trinajstić information content (AvgIpc) is 2.32. The minimum atomic E-state index is 0.0143. The second-order valence-corrected chi connectivity index (χ2v) is 5.58. The smallest absolute Gasteiger partial charge is 0.0410 e. The maximum Gasteiger partial charge on any atom is 0.0410 e. The molecule has 0 radical (unpaired) electrons. The van der Waals surface area contributed by atoms with E-state index in [1.165, 1.54) is 16.7 Å². The SMILES string of the molecule is Cc1ccc(C(N)Cc2cncc(Br)c2)cc1C. The van der Waals surface area contributed by atoms with Crippen molar-refractivity contribution in [1.82, 2.24) is 4.98 Å². The molecule has 0 aliphatic heterocycles. The van der Waals surface area contributed by atoms with E-state index in [2.05, 4.69) is 59.0 Å². The molecule has 1 heterocycles. The number of rotatable bonds is 3. The van der Waals surface area contributed by atoms with Gasteiger partial charge in [0.2, 0.25) is 0 Å². The van der Waals surface area contributed by atoms with Gasteiger partial charge in [0.1, 0.15) is 0 Å². The van der Waals surface area contributed by atoms with Crippen molar-refractivity contribution in [2.24, 2.45) is 5.73 Å². The molecule has 1 aromatic carbocycles. The van der Waals surface area contributed by atoms with Gasteiger partial charge in [-0.1, -0.05) is 18.2 Å². The number of halogens is 1. The second kappa shape index (κ2) is 5.63. The molecule has 2 aromatic rings. The van der Waals surface area contributed by atoms with Gasteiger partial charge in [0.25, 0.3) is 0 Å². The Morgan fingerprint density at radius 3 is 2.61 bits per heavy atom. The Labute approximate surface area is 116 Å². The highest BCUT2D eigenvalue weighted by atomic mass is 79.9. The van der Waals surface area contributed by atoms with Crippen LogP contribution in [-0.4, -0.2) is 4.98 Å². The van der Waals surface area contributed by atoms with Gasteiger partial charge >= 0.3 is 0 Å². The Balaban J connectivity index is 2.16. The maximum absolute atomic E-state index is 6.25. The highest BCUT2D eigenvalue weighted by molar-refractivity contribution is 9.10. The summed E-state index contributed by atoms with van der Waals surface area (Å²) in [5.41, 5.74) is 11.2. The quantitative estimate of drug-likeness (QED) is 0.939. The first-order chi connectivity index (χ1) is 8.56. The molecule has 1 aromatic heterocycles. The third kappa shape index (κ3) is 3.18. The molecule has 0 aliphatic carbocycles. The van der Waals surface area contributed by atoms with Gasteiger partial charge in [-0.3, -0.25) is 4.98 Å². The van der Waals surface area contributed by atoms with E-state index < -0.39 is 0 Å². The molecule has 0 aliphatic rings. The van der Waals surface area contributed by atoms with Crippen molar-refractivity contribution in [3.05, 3.63) is 63.4 Å². The van der Waals surface area contributed by atoms with Gasteiger partial charge in [-0.15, -0.1) is 0 Å². The Morgan fingerprint density at radius 1 is 1.17 bits per heavy atom. The molecule has 1 unspecified atom stereocenters. The zero-order valence-electron chi connectivity index (χ0n) is 10.7. The van der Waals surface area contributed by atoms with Gasteiger partial charge in [-0.05, 0) is 64.5 Å². The Kier molecular flexibility index (Phi) is 4.15. The molecule has 0 saturated heterocycles. The van der Waals surface area contributed by atoms with E-state index in [4.69, 9.17) is 5.73 Å². The molecule has 0 amide bonds. The summed E-state index contributed by atoms with van der Waals surface area (Å²) < 4.78 is 0.993. The van der Waals surface area contributed by atoms with Gasteiger partial charge in [-0.25, -0.2) is 0 Å². The predicted molar refractivity (Wildman–Crippen MR) is 78.5 cm³/mol. The van der Waals surface area contributed by atoms with E-state index in [9.17, 15) is 0 Å². The molecule has 1 atom stereocenters. The summed E-state index contributed by atoms with van der Waals surface area (Å²) in [6.07, 6.45) is 4.45. The van der Waals surface area contributed by atoms with Gasteiger partial charge in [0.05, 0.1) is 0 Å². The van der Waals surface area contributed by atoms with Crippen molar-refractivity contribution in [1.29, 1.82) is 0 Å². The summed E-state index contributed by atoms with van der Waals surface area (Å²) in [6, 6.07) is 8.49. The average molecular weight is 305 g/mol. The van der Waals surface area contributed by atoms with E-state index in [1.54, 1.807) is 6.20 Å². The maximum atomic E-state index is 6.25. The lowest BCUT2D eigenvalue weighted by atomic mass is 9.97.